The first-order valence-corrected chi connectivity index (χ1v) is 6.34. The molecule has 1 aliphatic rings. The van der Waals surface area contributed by atoms with Crippen LogP contribution in [0.1, 0.15) is 24.6 Å². The number of rotatable bonds is 0. The van der Waals surface area contributed by atoms with Crippen LogP contribution in [0.4, 0.5) is 5.69 Å². The van der Waals surface area contributed by atoms with Crippen LogP contribution in [0, 0.1) is 6.92 Å². The minimum atomic E-state index is 0.224. The fraction of sp³-hybridized carbons (Fsp3) is 0.333. The van der Waals surface area contributed by atoms with Crippen LogP contribution >= 0.6 is 15.9 Å². The molecule has 4 nitrogen and oxygen atoms in total. The molecule has 1 atom stereocenters. The summed E-state index contributed by atoms with van der Waals surface area (Å²) in [6.45, 7) is 4.07. The summed E-state index contributed by atoms with van der Waals surface area (Å²) in [6.07, 6.45) is 0. The lowest BCUT2D eigenvalue weighted by Gasteiger charge is -2.33. The first-order valence-electron chi connectivity index (χ1n) is 5.55. The van der Waals surface area contributed by atoms with Crippen LogP contribution in [0.5, 0.6) is 0 Å². The summed E-state index contributed by atoms with van der Waals surface area (Å²) in [6, 6.07) is 6.37. The zero-order valence-electron chi connectivity index (χ0n) is 9.98. The van der Waals surface area contributed by atoms with Crippen LogP contribution in [-0.2, 0) is 0 Å². The van der Waals surface area contributed by atoms with Crippen molar-refractivity contribution < 1.29 is 0 Å². The predicted octanol–water partition coefficient (Wildman–Crippen LogP) is 2.85. The number of aromatic nitrogens is 3. The van der Waals surface area contributed by atoms with Gasteiger partial charge in [0.1, 0.15) is 5.82 Å². The maximum Gasteiger partial charge on any atom is 0.154 e. The van der Waals surface area contributed by atoms with E-state index in [1.807, 2.05) is 17.7 Å². The molecular formula is C12H13BrN4. The first kappa shape index (κ1) is 10.8. The van der Waals surface area contributed by atoms with Gasteiger partial charge in [0.05, 0.1) is 17.4 Å². The lowest BCUT2D eigenvalue weighted by atomic mass is 10.1. The van der Waals surface area contributed by atoms with Crippen molar-refractivity contribution in [3.8, 4) is 5.69 Å². The Hall–Kier alpha value is -1.36. The maximum atomic E-state index is 4.51. The van der Waals surface area contributed by atoms with Gasteiger partial charge < -0.3 is 4.90 Å². The van der Waals surface area contributed by atoms with E-state index in [4.69, 9.17) is 0 Å². The molecule has 2 aromatic rings. The normalized spacial score (nSPS) is 17.9. The smallest absolute Gasteiger partial charge is 0.154 e. The number of hydrogen-bond donors (Lipinski definition) is 0. The Morgan fingerprint density at radius 3 is 2.88 bits per heavy atom. The average Bonchev–Trinajstić information content (AvgIpc) is 2.68. The predicted molar refractivity (Wildman–Crippen MR) is 70.6 cm³/mol. The molecule has 1 unspecified atom stereocenters. The standard InChI is InChI=1S/C12H13BrN4/c1-7-12-14-8(2)15-17(12)10-6-4-5-9(13)11(10)16(7)3/h4-7H,1-3H3. The monoisotopic (exact) mass is 292 g/mol. The van der Waals surface area contributed by atoms with E-state index in [9.17, 15) is 0 Å². The molecule has 2 heterocycles. The molecule has 1 aromatic carbocycles. The van der Waals surface area contributed by atoms with Gasteiger partial charge in [-0.3, -0.25) is 0 Å². The third kappa shape index (κ3) is 1.42. The second-order valence-corrected chi connectivity index (χ2v) is 5.18. The average molecular weight is 293 g/mol. The third-order valence-electron chi connectivity index (χ3n) is 3.24. The number of nitrogens with zero attached hydrogens (tertiary/aromatic N) is 4. The maximum absolute atomic E-state index is 4.51. The molecule has 0 N–H and O–H groups in total. The van der Waals surface area contributed by atoms with Crippen molar-refractivity contribution in [1.82, 2.24) is 14.8 Å². The van der Waals surface area contributed by atoms with E-state index in [0.717, 1.165) is 27.5 Å². The summed E-state index contributed by atoms with van der Waals surface area (Å²) in [7, 11) is 2.09. The molecule has 1 aliphatic heterocycles. The van der Waals surface area contributed by atoms with E-state index in [2.05, 4.69) is 57.0 Å². The molecule has 88 valence electrons. The molecule has 5 heteroatoms. The van der Waals surface area contributed by atoms with Gasteiger partial charge in [0.15, 0.2) is 5.82 Å². The van der Waals surface area contributed by atoms with E-state index < -0.39 is 0 Å². The summed E-state index contributed by atoms with van der Waals surface area (Å²) >= 11 is 3.61. The van der Waals surface area contributed by atoms with Gasteiger partial charge in [-0.25, -0.2) is 9.67 Å². The highest BCUT2D eigenvalue weighted by Gasteiger charge is 2.29. The second kappa shape index (κ2) is 3.57. The Kier molecular flexibility index (Phi) is 2.26. The van der Waals surface area contributed by atoms with Gasteiger partial charge in [-0.1, -0.05) is 6.07 Å². The lowest BCUT2D eigenvalue weighted by molar-refractivity contribution is 0.622. The summed E-state index contributed by atoms with van der Waals surface area (Å²) in [5, 5.41) is 4.48. The van der Waals surface area contributed by atoms with Crippen LogP contribution in [-0.4, -0.2) is 21.8 Å². The van der Waals surface area contributed by atoms with Crippen molar-refractivity contribution in [1.29, 1.82) is 0 Å². The summed E-state index contributed by atoms with van der Waals surface area (Å²) < 4.78 is 3.03. The van der Waals surface area contributed by atoms with E-state index in [0.29, 0.717) is 0 Å². The number of anilines is 1. The molecule has 0 bridgehead atoms. The summed E-state index contributed by atoms with van der Waals surface area (Å²) in [5.74, 6) is 1.81. The van der Waals surface area contributed by atoms with E-state index in [1.54, 1.807) is 0 Å². The van der Waals surface area contributed by atoms with Crippen LogP contribution < -0.4 is 4.90 Å². The van der Waals surface area contributed by atoms with E-state index in [-0.39, 0.29) is 6.04 Å². The molecule has 0 saturated carbocycles. The quantitative estimate of drug-likeness (QED) is 0.749. The van der Waals surface area contributed by atoms with E-state index in [1.165, 1.54) is 0 Å². The minimum Gasteiger partial charge on any atom is -0.362 e. The summed E-state index contributed by atoms with van der Waals surface area (Å²) in [4.78, 5) is 6.73. The number of fused-ring (bicyclic) bond motifs is 3. The third-order valence-corrected chi connectivity index (χ3v) is 3.88. The second-order valence-electron chi connectivity index (χ2n) is 4.32. The highest BCUT2D eigenvalue weighted by atomic mass is 79.9. The van der Waals surface area contributed by atoms with E-state index >= 15 is 0 Å². The molecular weight excluding hydrogens is 280 g/mol. The highest BCUT2D eigenvalue weighted by molar-refractivity contribution is 9.10. The fourth-order valence-electron chi connectivity index (χ4n) is 2.27. The van der Waals surface area contributed by atoms with Gasteiger partial charge in [0.25, 0.3) is 0 Å². The minimum absolute atomic E-state index is 0.224. The van der Waals surface area contributed by atoms with Crippen molar-refractivity contribution in [3.05, 3.63) is 34.3 Å². The van der Waals surface area contributed by atoms with Crippen LogP contribution in [0.15, 0.2) is 22.7 Å². The zero-order valence-corrected chi connectivity index (χ0v) is 11.6. The highest BCUT2D eigenvalue weighted by Crippen LogP contribution is 2.40. The lowest BCUT2D eigenvalue weighted by Crippen LogP contribution is -2.30. The Morgan fingerprint density at radius 1 is 1.35 bits per heavy atom. The SMILES string of the molecule is Cc1nc2n(n1)-c1cccc(Br)c1N(C)C2C. The Labute approximate surface area is 108 Å². The number of benzene rings is 1. The molecule has 17 heavy (non-hydrogen) atoms. The summed E-state index contributed by atoms with van der Waals surface area (Å²) in [5.41, 5.74) is 2.24. The number of halogens is 1. The fourth-order valence-corrected chi connectivity index (χ4v) is 2.91. The van der Waals surface area contributed by atoms with Crippen molar-refractivity contribution in [2.45, 2.75) is 19.9 Å². The topological polar surface area (TPSA) is 34.0 Å². The van der Waals surface area contributed by atoms with Gasteiger partial charge in [0, 0.05) is 11.5 Å². The molecule has 0 aliphatic carbocycles. The number of para-hydroxylation sites is 1. The molecule has 0 spiro atoms. The molecule has 0 radical (unpaired) electrons. The Balaban J connectivity index is 2.35. The molecule has 3 rings (SSSR count). The van der Waals surface area contributed by atoms with Gasteiger partial charge in [-0.05, 0) is 41.9 Å². The van der Waals surface area contributed by atoms with Crippen LogP contribution in [0.3, 0.4) is 0 Å². The Bertz CT molecular complexity index is 590. The van der Waals surface area contributed by atoms with Gasteiger partial charge in [-0.2, -0.15) is 5.10 Å². The van der Waals surface area contributed by atoms with Gasteiger partial charge in [-0.15, -0.1) is 0 Å². The first-order chi connectivity index (χ1) is 8.09. The zero-order chi connectivity index (χ0) is 12.2. The van der Waals surface area contributed by atoms with Crippen molar-refractivity contribution in [2.24, 2.45) is 0 Å². The Morgan fingerprint density at radius 2 is 2.12 bits per heavy atom. The number of aryl methyl sites for hydroxylation is 1. The van der Waals surface area contributed by atoms with Crippen LogP contribution in [0.2, 0.25) is 0 Å². The van der Waals surface area contributed by atoms with Crippen molar-refractivity contribution >= 4 is 21.6 Å². The largest absolute Gasteiger partial charge is 0.362 e. The molecule has 1 aromatic heterocycles. The number of hydrogen-bond acceptors (Lipinski definition) is 3. The van der Waals surface area contributed by atoms with Crippen molar-refractivity contribution in [2.75, 3.05) is 11.9 Å². The van der Waals surface area contributed by atoms with Crippen molar-refractivity contribution in [3.63, 3.8) is 0 Å². The van der Waals surface area contributed by atoms with Crippen LogP contribution in [0.25, 0.3) is 5.69 Å². The molecule has 0 amide bonds. The molecule has 0 fully saturated rings. The van der Waals surface area contributed by atoms with Gasteiger partial charge in [0.2, 0.25) is 0 Å². The molecule has 0 saturated heterocycles. The van der Waals surface area contributed by atoms with Gasteiger partial charge >= 0.3 is 0 Å².